The van der Waals surface area contributed by atoms with E-state index in [2.05, 4.69) is 4.90 Å². The number of fused-ring (bicyclic) bond motifs is 4. The third-order valence-corrected chi connectivity index (χ3v) is 6.58. The van der Waals surface area contributed by atoms with Crippen LogP contribution < -0.4 is 11.2 Å². The first-order chi connectivity index (χ1) is 12.4. The third-order valence-electron chi connectivity index (χ3n) is 6.58. The highest BCUT2D eigenvalue weighted by Crippen LogP contribution is 2.33. The zero-order valence-corrected chi connectivity index (χ0v) is 15.7. The minimum absolute atomic E-state index is 0.190. The smallest absolute Gasteiger partial charge is 0.331 e. The molecule has 2 atom stereocenters. The Bertz CT molecular complexity index is 823. The fourth-order valence-electron chi connectivity index (χ4n) is 4.68. The van der Waals surface area contributed by atoms with Gasteiger partial charge in [-0.25, -0.2) is 4.79 Å². The maximum absolute atomic E-state index is 13.1. The Hall–Kier alpha value is -1.89. The molecule has 0 spiro atoms. The van der Waals surface area contributed by atoms with Gasteiger partial charge in [-0.2, -0.15) is 0 Å². The molecule has 2 bridgehead atoms. The summed E-state index contributed by atoms with van der Waals surface area (Å²) in [6.07, 6.45) is 6.33. The normalized spacial score (nSPS) is 26.6. The highest BCUT2D eigenvalue weighted by molar-refractivity contribution is 5.92. The van der Waals surface area contributed by atoms with Crippen molar-refractivity contribution in [2.75, 3.05) is 26.2 Å². The Labute approximate surface area is 153 Å². The molecule has 4 heterocycles. The first kappa shape index (κ1) is 17.5. The molecule has 1 aromatic rings. The minimum Gasteiger partial charge on any atom is -0.335 e. The molecule has 5 rings (SSSR count). The SMILES string of the molecule is Cn1c(C(=O)N2C[C@@H]3CC[C@H](C2)N(CC2CCC2)C3)cc(=O)n(C)c1=O. The van der Waals surface area contributed by atoms with Gasteiger partial charge in [0.15, 0.2) is 0 Å². The topological polar surface area (TPSA) is 67.6 Å². The van der Waals surface area contributed by atoms with Gasteiger partial charge >= 0.3 is 5.69 Å². The van der Waals surface area contributed by atoms with Crippen molar-refractivity contribution in [1.82, 2.24) is 18.9 Å². The number of rotatable bonds is 3. The summed E-state index contributed by atoms with van der Waals surface area (Å²) in [5, 5.41) is 0. The van der Waals surface area contributed by atoms with Gasteiger partial charge in [0.2, 0.25) is 0 Å². The molecule has 3 saturated heterocycles. The molecule has 1 amide bonds. The lowest BCUT2D eigenvalue weighted by Gasteiger charge is -2.40. The molecule has 26 heavy (non-hydrogen) atoms. The Morgan fingerprint density at radius 2 is 1.81 bits per heavy atom. The number of amides is 1. The Morgan fingerprint density at radius 1 is 1.04 bits per heavy atom. The van der Waals surface area contributed by atoms with Gasteiger partial charge < -0.3 is 4.90 Å². The fourth-order valence-corrected chi connectivity index (χ4v) is 4.68. The molecule has 1 aliphatic carbocycles. The van der Waals surface area contributed by atoms with Crippen LogP contribution >= 0.6 is 0 Å². The quantitative estimate of drug-likeness (QED) is 0.784. The molecular formula is C19H28N4O3. The monoisotopic (exact) mass is 360 g/mol. The van der Waals surface area contributed by atoms with Gasteiger partial charge in [0, 0.05) is 52.4 Å². The van der Waals surface area contributed by atoms with Crippen molar-refractivity contribution in [3.63, 3.8) is 0 Å². The summed E-state index contributed by atoms with van der Waals surface area (Å²) in [6.45, 7) is 3.65. The maximum Gasteiger partial charge on any atom is 0.331 e. The number of nitrogens with zero attached hydrogens (tertiary/aromatic N) is 4. The van der Waals surface area contributed by atoms with Crippen molar-refractivity contribution >= 4 is 5.91 Å². The Kier molecular flexibility index (Phi) is 4.50. The molecule has 7 heteroatoms. The van der Waals surface area contributed by atoms with Gasteiger partial charge in [-0.05, 0) is 37.5 Å². The standard InChI is InChI=1S/C19H28N4O3/c1-20-16(8-17(24)21(2)19(20)26)18(25)23-11-14-6-7-15(12-23)22(10-14)9-13-4-3-5-13/h8,13-15H,3-7,9-12H2,1-2H3/t14-,15-/m1/s1. The molecular weight excluding hydrogens is 332 g/mol. The van der Waals surface area contributed by atoms with Crippen LogP contribution in [0.4, 0.5) is 0 Å². The molecule has 1 aromatic heterocycles. The summed E-state index contributed by atoms with van der Waals surface area (Å²) in [4.78, 5) is 41.7. The minimum atomic E-state index is -0.453. The van der Waals surface area contributed by atoms with Gasteiger partial charge in [-0.1, -0.05) is 6.42 Å². The zero-order valence-electron chi connectivity index (χ0n) is 15.7. The van der Waals surface area contributed by atoms with E-state index in [1.54, 1.807) is 7.05 Å². The predicted octanol–water partition coefficient (Wildman–Crippen LogP) is 0.421. The van der Waals surface area contributed by atoms with E-state index in [4.69, 9.17) is 0 Å². The van der Waals surface area contributed by atoms with Gasteiger partial charge in [-0.3, -0.25) is 23.6 Å². The summed E-state index contributed by atoms with van der Waals surface area (Å²) in [5.74, 6) is 1.13. The van der Waals surface area contributed by atoms with Crippen LogP contribution in [0, 0.1) is 11.8 Å². The summed E-state index contributed by atoms with van der Waals surface area (Å²) >= 11 is 0. The molecule has 0 aromatic carbocycles. The summed E-state index contributed by atoms with van der Waals surface area (Å²) < 4.78 is 2.33. The average molecular weight is 360 g/mol. The van der Waals surface area contributed by atoms with Crippen LogP contribution in [0.15, 0.2) is 15.7 Å². The number of hydrogen-bond acceptors (Lipinski definition) is 4. The molecule has 142 valence electrons. The number of piperidine rings is 1. The largest absolute Gasteiger partial charge is 0.335 e. The predicted molar refractivity (Wildman–Crippen MR) is 98.3 cm³/mol. The van der Waals surface area contributed by atoms with Crippen LogP contribution in [0.2, 0.25) is 0 Å². The van der Waals surface area contributed by atoms with Crippen molar-refractivity contribution in [2.24, 2.45) is 25.9 Å². The van der Waals surface area contributed by atoms with Crippen LogP contribution in [-0.4, -0.2) is 57.1 Å². The summed E-state index contributed by atoms with van der Waals surface area (Å²) in [5.41, 5.74) is -0.684. The second-order valence-electron chi connectivity index (χ2n) is 8.33. The first-order valence-electron chi connectivity index (χ1n) is 9.74. The number of carbonyl (C=O) groups is 1. The summed E-state index contributed by atoms with van der Waals surface area (Å²) in [7, 11) is 2.99. The van der Waals surface area contributed by atoms with E-state index in [9.17, 15) is 14.4 Å². The maximum atomic E-state index is 13.1. The lowest BCUT2D eigenvalue weighted by Crippen LogP contribution is -2.47. The lowest BCUT2D eigenvalue weighted by atomic mass is 9.83. The van der Waals surface area contributed by atoms with E-state index in [0.717, 1.165) is 43.0 Å². The van der Waals surface area contributed by atoms with Gasteiger partial charge in [-0.15, -0.1) is 0 Å². The second kappa shape index (κ2) is 6.68. The van der Waals surface area contributed by atoms with E-state index in [1.807, 2.05) is 4.90 Å². The van der Waals surface area contributed by atoms with Gasteiger partial charge in [0.25, 0.3) is 11.5 Å². The Morgan fingerprint density at radius 3 is 2.50 bits per heavy atom. The lowest BCUT2D eigenvalue weighted by molar-refractivity contribution is 0.0706. The number of hydrogen-bond donors (Lipinski definition) is 0. The van der Waals surface area contributed by atoms with Crippen LogP contribution in [0.1, 0.15) is 42.6 Å². The van der Waals surface area contributed by atoms with E-state index in [1.165, 1.54) is 36.9 Å². The fraction of sp³-hybridized carbons (Fsp3) is 0.737. The van der Waals surface area contributed by atoms with E-state index in [0.29, 0.717) is 18.5 Å². The molecule has 4 aliphatic rings. The molecule has 0 unspecified atom stereocenters. The van der Waals surface area contributed by atoms with E-state index >= 15 is 0 Å². The van der Waals surface area contributed by atoms with Crippen LogP contribution in [0.5, 0.6) is 0 Å². The molecule has 0 radical (unpaired) electrons. The number of aromatic nitrogens is 2. The van der Waals surface area contributed by atoms with Gasteiger partial charge in [0.1, 0.15) is 5.69 Å². The van der Waals surface area contributed by atoms with Crippen molar-refractivity contribution in [3.05, 3.63) is 32.6 Å². The van der Waals surface area contributed by atoms with Crippen molar-refractivity contribution in [1.29, 1.82) is 0 Å². The molecule has 4 fully saturated rings. The number of carbonyl (C=O) groups excluding carboxylic acids is 1. The van der Waals surface area contributed by atoms with E-state index < -0.39 is 11.2 Å². The molecule has 7 nitrogen and oxygen atoms in total. The third kappa shape index (κ3) is 3.02. The van der Waals surface area contributed by atoms with Crippen LogP contribution in [-0.2, 0) is 14.1 Å². The van der Waals surface area contributed by atoms with Crippen molar-refractivity contribution in [3.8, 4) is 0 Å². The highest BCUT2D eigenvalue weighted by atomic mass is 16.2. The molecule has 3 aliphatic heterocycles. The van der Waals surface area contributed by atoms with E-state index in [-0.39, 0.29) is 11.6 Å². The zero-order chi connectivity index (χ0) is 18.4. The van der Waals surface area contributed by atoms with Crippen molar-refractivity contribution in [2.45, 2.75) is 38.1 Å². The molecule has 1 saturated carbocycles. The van der Waals surface area contributed by atoms with Crippen molar-refractivity contribution < 1.29 is 4.79 Å². The second-order valence-corrected chi connectivity index (χ2v) is 8.33. The average Bonchev–Trinajstić information content (AvgIpc) is 2.90. The first-order valence-corrected chi connectivity index (χ1v) is 9.74. The molecule has 0 N–H and O–H groups in total. The Balaban J connectivity index is 1.56. The van der Waals surface area contributed by atoms with Crippen LogP contribution in [0.3, 0.4) is 0 Å². The summed E-state index contributed by atoms with van der Waals surface area (Å²) in [6, 6.07) is 1.70. The van der Waals surface area contributed by atoms with Gasteiger partial charge in [0.05, 0.1) is 0 Å². The van der Waals surface area contributed by atoms with Crippen LogP contribution in [0.25, 0.3) is 0 Å². The highest BCUT2D eigenvalue weighted by Gasteiger charge is 2.38.